The van der Waals surface area contributed by atoms with Gasteiger partial charge in [-0.05, 0) is 49.7 Å². The molecule has 150 valence electrons. The van der Waals surface area contributed by atoms with E-state index >= 15 is 0 Å². The van der Waals surface area contributed by atoms with Crippen molar-refractivity contribution >= 4 is 33.2 Å². The van der Waals surface area contributed by atoms with Crippen molar-refractivity contribution < 1.29 is 18.1 Å². The van der Waals surface area contributed by atoms with Gasteiger partial charge < -0.3 is 10.2 Å². The minimum Gasteiger partial charge on any atom is -0.325 e. The maximum atomic E-state index is 12.9. The molecule has 1 aliphatic rings. The highest BCUT2D eigenvalue weighted by Crippen LogP contribution is 2.21. The number of rotatable bonds is 5. The van der Waals surface area contributed by atoms with Gasteiger partial charge in [-0.25, -0.2) is 8.42 Å². The number of nitrogens with zero attached hydrogens (tertiary/aromatic N) is 1. The number of carbonyl (C=O) groups excluding carboxylic acids is 1. The SMILES string of the molecule is Cc1ccc(S(=O)(=O)N2CC[NH+](CC(=O)Nc3ccc(Cl)cc3)CC2)c(C)c1. The Hall–Kier alpha value is -1.93. The quantitative estimate of drug-likeness (QED) is 0.766. The largest absolute Gasteiger partial charge is 0.325 e. The molecule has 1 fully saturated rings. The Balaban J connectivity index is 1.56. The maximum Gasteiger partial charge on any atom is 0.279 e. The molecular weight excluding hydrogens is 398 g/mol. The molecule has 1 aliphatic heterocycles. The Labute approximate surface area is 171 Å². The van der Waals surface area contributed by atoms with E-state index in [9.17, 15) is 13.2 Å². The van der Waals surface area contributed by atoms with Crippen LogP contribution in [0.25, 0.3) is 0 Å². The molecule has 2 aromatic carbocycles. The van der Waals surface area contributed by atoms with Crippen LogP contribution in [0.1, 0.15) is 11.1 Å². The fraction of sp³-hybridized carbons (Fsp3) is 0.350. The zero-order valence-corrected chi connectivity index (χ0v) is 17.6. The van der Waals surface area contributed by atoms with Crippen LogP contribution in [0.4, 0.5) is 5.69 Å². The first-order valence-corrected chi connectivity index (χ1v) is 11.0. The topological polar surface area (TPSA) is 70.9 Å². The van der Waals surface area contributed by atoms with Crippen LogP contribution in [0.2, 0.25) is 5.02 Å². The van der Waals surface area contributed by atoms with Gasteiger partial charge in [-0.15, -0.1) is 0 Å². The molecule has 2 aromatic rings. The van der Waals surface area contributed by atoms with E-state index in [1.807, 2.05) is 26.0 Å². The molecule has 0 bridgehead atoms. The summed E-state index contributed by atoms with van der Waals surface area (Å²) in [6.07, 6.45) is 0. The lowest BCUT2D eigenvalue weighted by atomic mass is 10.2. The Morgan fingerprint density at radius 2 is 1.75 bits per heavy atom. The summed E-state index contributed by atoms with van der Waals surface area (Å²) in [5.74, 6) is -0.0944. The summed E-state index contributed by atoms with van der Waals surface area (Å²) >= 11 is 5.85. The summed E-state index contributed by atoms with van der Waals surface area (Å²) in [4.78, 5) is 13.7. The third-order valence-corrected chi connectivity index (χ3v) is 7.23. The van der Waals surface area contributed by atoms with Crippen molar-refractivity contribution in [2.24, 2.45) is 0 Å². The smallest absolute Gasteiger partial charge is 0.279 e. The zero-order valence-electron chi connectivity index (χ0n) is 16.0. The van der Waals surface area contributed by atoms with Gasteiger partial charge >= 0.3 is 0 Å². The normalized spacial score (nSPS) is 16.1. The summed E-state index contributed by atoms with van der Waals surface area (Å²) < 4.78 is 27.4. The van der Waals surface area contributed by atoms with Crippen molar-refractivity contribution in [3.8, 4) is 0 Å². The summed E-state index contributed by atoms with van der Waals surface area (Å²) in [5, 5.41) is 3.46. The van der Waals surface area contributed by atoms with Gasteiger partial charge in [-0.3, -0.25) is 4.79 Å². The molecule has 6 nitrogen and oxygen atoms in total. The van der Waals surface area contributed by atoms with Crippen molar-refractivity contribution in [1.82, 2.24) is 4.31 Å². The lowest BCUT2D eigenvalue weighted by Crippen LogP contribution is -3.15. The van der Waals surface area contributed by atoms with Crippen LogP contribution in [-0.2, 0) is 14.8 Å². The molecule has 3 rings (SSSR count). The molecular formula is C20H25ClN3O3S+. The average Bonchev–Trinajstić information content (AvgIpc) is 2.64. The molecule has 0 aromatic heterocycles. The number of anilines is 1. The molecule has 0 atom stereocenters. The molecule has 28 heavy (non-hydrogen) atoms. The highest BCUT2D eigenvalue weighted by atomic mass is 35.5. The molecule has 1 heterocycles. The number of halogens is 1. The Bertz CT molecular complexity index is 953. The molecule has 2 N–H and O–H groups in total. The van der Waals surface area contributed by atoms with Crippen LogP contribution in [0.15, 0.2) is 47.4 Å². The Morgan fingerprint density at radius 1 is 1.11 bits per heavy atom. The van der Waals surface area contributed by atoms with Crippen LogP contribution in [0, 0.1) is 13.8 Å². The van der Waals surface area contributed by atoms with E-state index in [4.69, 9.17) is 11.6 Å². The molecule has 0 saturated carbocycles. The lowest BCUT2D eigenvalue weighted by molar-refractivity contribution is -0.895. The lowest BCUT2D eigenvalue weighted by Gasteiger charge is -2.31. The number of sulfonamides is 1. The average molecular weight is 423 g/mol. The van der Waals surface area contributed by atoms with Crippen molar-refractivity contribution in [2.45, 2.75) is 18.7 Å². The van der Waals surface area contributed by atoms with E-state index in [0.29, 0.717) is 48.3 Å². The highest BCUT2D eigenvalue weighted by Gasteiger charge is 2.31. The second kappa shape index (κ2) is 8.61. The molecule has 0 spiro atoms. The van der Waals surface area contributed by atoms with Gasteiger partial charge in [0.05, 0.1) is 31.1 Å². The third kappa shape index (κ3) is 4.91. The van der Waals surface area contributed by atoms with Gasteiger partial charge in [-0.2, -0.15) is 4.31 Å². The fourth-order valence-electron chi connectivity index (χ4n) is 3.41. The summed E-state index contributed by atoms with van der Waals surface area (Å²) in [6, 6.07) is 12.3. The van der Waals surface area contributed by atoms with Gasteiger partial charge in [0.15, 0.2) is 6.54 Å². The van der Waals surface area contributed by atoms with Crippen LogP contribution >= 0.6 is 11.6 Å². The van der Waals surface area contributed by atoms with E-state index in [1.165, 1.54) is 4.31 Å². The van der Waals surface area contributed by atoms with E-state index < -0.39 is 10.0 Å². The third-order valence-electron chi connectivity index (χ3n) is 4.92. The van der Waals surface area contributed by atoms with Crippen LogP contribution in [0.3, 0.4) is 0 Å². The number of quaternary nitrogens is 1. The Morgan fingerprint density at radius 3 is 2.36 bits per heavy atom. The minimum absolute atomic E-state index is 0.0944. The summed E-state index contributed by atoms with van der Waals surface area (Å²) in [6.45, 7) is 6.07. The second-order valence-corrected chi connectivity index (χ2v) is 9.50. The van der Waals surface area contributed by atoms with Crippen molar-refractivity contribution in [1.29, 1.82) is 0 Å². The van der Waals surface area contributed by atoms with Crippen molar-refractivity contribution in [3.05, 3.63) is 58.6 Å². The van der Waals surface area contributed by atoms with E-state index in [1.54, 1.807) is 30.3 Å². The van der Waals surface area contributed by atoms with E-state index in [2.05, 4.69) is 5.32 Å². The van der Waals surface area contributed by atoms with Crippen molar-refractivity contribution in [2.75, 3.05) is 38.0 Å². The van der Waals surface area contributed by atoms with Gasteiger partial charge in [0.2, 0.25) is 10.0 Å². The molecule has 0 radical (unpaired) electrons. The Kier molecular flexibility index (Phi) is 6.40. The van der Waals surface area contributed by atoms with E-state index in [0.717, 1.165) is 16.0 Å². The standard InChI is InChI=1S/C20H24ClN3O3S/c1-15-3-8-19(16(2)13-15)28(26,27)24-11-9-23(10-12-24)14-20(25)22-18-6-4-17(21)5-7-18/h3-8,13H,9-12,14H2,1-2H3,(H,22,25)/p+1. The van der Waals surface area contributed by atoms with Gasteiger partial charge in [-0.1, -0.05) is 29.3 Å². The molecule has 1 saturated heterocycles. The fourth-order valence-corrected chi connectivity index (χ4v) is 5.19. The number of benzene rings is 2. The molecule has 8 heteroatoms. The van der Waals surface area contributed by atoms with Gasteiger partial charge in [0, 0.05) is 10.7 Å². The monoisotopic (exact) mass is 422 g/mol. The number of hydrogen-bond donors (Lipinski definition) is 2. The van der Waals surface area contributed by atoms with Gasteiger partial charge in [0.1, 0.15) is 0 Å². The zero-order chi connectivity index (χ0) is 20.3. The maximum absolute atomic E-state index is 12.9. The predicted molar refractivity (Wildman–Crippen MR) is 110 cm³/mol. The second-order valence-electron chi connectivity index (χ2n) is 7.15. The molecule has 1 amide bonds. The summed E-state index contributed by atoms with van der Waals surface area (Å²) in [5.41, 5.74) is 2.50. The first-order valence-electron chi connectivity index (χ1n) is 9.22. The first-order chi connectivity index (χ1) is 13.3. The number of carbonyl (C=O) groups is 1. The minimum atomic E-state index is -3.51. The van der Waals surface area contributed by atoms with E-state index in [-0.39, 0.29) is 5.91 Å². The number of aryl methyl sites for hydroxylation is 2. The summed E-state index contributed by atoms with van der Waals surface area (Å²) in [7, 11) is -3.51. The van der Waals surface area contributed by atoms with Crippen molar-refractivity contribution in [3.63, 3.8) is 0 Å². The molecule has 0 unspecified atom stereocenters. The predicted octanol–water partition coefficient (Wildman–Crippen LogP) is 1.48. The number of hydrogen-bond acceptors (Lipinski definition) is 3. The number of nitrogens with one attached hydrogen (secondary N) is 2. The highest BCUT2D eigenvalue weighted by molar-refractivity contribution is 7.89. The van der Waals surface area contributed by atoms with Crippen LogP contribution in [0.5, 0.6) is 0 Å². The number of piperazine rings is 1. The first kappa shape index (κ1) is 20.8. The van der Waals surface area contributed by atoms with Crippen LogP contribution < -0.4 is 10.2 Å². The molecule has 0 aliphatic carbocycles. The van der Waals surface area contributed by atoms with Gasteiger partial charge in [0.25, 0.3) is 5.91 Å². The number of amides is 1. The van der Waals surface area contributed by atoms with Crippen LogP contribution in [-0.4, -0.2) is 51.4 Å².